The monoisotopic (exact) mass is 235 g/mol. The lowest BCUT2D eigenvalue weighted by Crippen LogP contribution is -2.27. The molecule has 0 bridgehead atoms. The van der Waals surface area contributed by atoms with E-state index in [4.69, 9.17) is 0 Å². The summed E-state index contributed by atoms with van der Waals surface area (Å²) >= 11 is 0. The third kappa shape index (κ3) is 3.25. The van der Waals surface area contributed by atoms with Crippen LogP contribution in [0.2, 0.25) is 0 Å². The van der Waals surface area contributed by atoms with Crippen LogP contribution in [0, 0.1) is 5.92 Å². The first-order valence-corrected chi connectivity index (χ1v) is 4.71. The Labute approximate surface area is 90.2 Å². The number of aromatic nitrogens is 2. The molecule has 0 radical (unpaired) electrons. The average Bonchev–Trinajstić information content (AvgIpc) is 2.61. The minimum absolute atomic E-state index is 0.227. The molecule has 1 aromatic heterocycles. The number of nitrogens with zero attached hydrogens (tertiary/aromatic N) is 1. The summed E-state index contributed by atoms with van der Waals surface area (Å²) in [6, 6.07) is 0.690. The molecule has 0 aromatic carbocycles. The standard InChI is InChI=1S/C9H12F3N3O/c1-5(2)4-13-8(16)6-3-7(15-14-6)9(10,11)12/h3,5H,4H2,1-2H3,(H,13,16)(H,14,15). The van der Waals surface area contributed by atoms with Gasteiger partial charge in [-0.05, 0) is 5.92 Å². The van der Waals surface area contributed by atoms with Gasteiger partial charge in [0.15, 0.2) is 5.69 Å². The highest BCUT2D eigenvalue weighted by Gasteiger charge is 2.33. The molecule has 0 aliphatic heterocycles. The zero-order valence-corrected chi connectivity index (χ0v) is 8.85. The summed E-state index contributed by atoms with van der Waals surface area (Å²) in [7, 11) is 0. The second-order valence-corrected chi connectivity index (χ2v) is 3.77. The van der Waals surface area contributed by atoms with Gasteiger partial charge in [0, 0.05) is 12.6 Å². The molecular formula is C9H12F3N3O. The number of rotatable bonds is 3. The maximum atomic E-state index is 12.2. The highest BCUT2D eigenvalue weighted by molar-refractivity contribution is 5.92. The molecule has 7 heteroatoms. The molecule has 2 N–H and O–H groups in total. The van der Waals surface area contributed by atoms with E-state index < -0.39 is 17.8 Å². The molecule has 0 spiro atoms. The molecule has 0 saturated carbocycles. The lowest BCUT2D eigenvalue weighted by atomic mass is 10.2. The van der Waals surface area contributed by atoms with E-state index in [0.29, 0.717) is 12.6 Å². The van der Waals surface area contributed by atoms with Crippen LogP contribution in [0.15, 0.2) is 6.07 Å². The zero-order valence-electron chi connectivity index (χ0n) is 8.85. The molecule has 0 unspecified atom stereocenters. The van der Waals surface area contributed by atoms with Crippen molar-refractivity contribution in [3.63, 3.8) is 0 Å². The molecule has 16 heavy (non-hydrogen) atoms. The summed E-state index contributed by atoms with van der Waals surface area (Å²) in [5, 5.41) is 7.56. The quantitative estimate of drug-likeness (QED) is 0.839. The molecular weight excluding hydrogens is 223 g/mol. The fourth-order valence-electron chi connectivity index (χ4n) is 0.971. The van der Waals surface area contributed by atoms with Crippen molar-refractivity contribution in [2.45, 2.75) is 20.0 Å². The van der Waals surface area contributed by atoms with Crippen molar-refractivity contribution in [2.24, 2.45) is 5.92 Å². The Bertz CT molecular complexity index is 370. The maximum absolute atomic E-state index is 12.2. The summed E-state index contributed by atoms with van der Waals surface area (Å²) in [4.78, 5) is 11.3. The first-order valence-electron chi connectivity index (χ1n) is 4.71. The predicted molar refractivity (Wildman–Crippen MR) is 50.8 cm³/mol. The fourth-order valence-corrected chi connectivity index (χ4v) is 0.971. The Hall–Kier alpha value is -1.53. The Morgan fingerprint density at radius 2 is 2.19 bits per heavy atom. The van der Waals surface area contributed by atoms with Crippen LogP contribution < -0.4 is 5.32 Å². The van der Waals surface area contributed by atoms with Crippen molar-refractivity contribution >= 4 is 5.91 Å². The topological polar surface area (TPSA) is 57.8 Å². The van der Waals surface area contributed by atoms with Crippen LogP contribution in [-0.4, -0.2) is 22.6 Å². The van der Waals surface area contributed by atoms with Gasteiger partial charge in [-0.25, -0.2) is 0 Å². The number of amides is 1. The van der Waals surface area contributed by atoms with Crippen molar-refractivity contribution in [1.29, 1.82) is 0 Å². The first-order chi connectivity index (χ1) is 7.30. The smallest absolute Gasteiger partial charge is 0.350 e. The first kappa shape index (κ1) is 12.5. The minimum atomic E-state index is -4.51. The number of carbonyl (C=O) groups is 1. The van der Waals surface area contributed by atoms with Crippen molar-refractivity contribution in [3.8, 4) is 0 Å². The van der Waals surface area contributed by atoms with E-state index >= 15 is 0 Å². The average molecular weight is 235 g/mol. The lowest BCUT2D eigenvalue weighted by Gasteiger charge is -2.05. The molecule has 1 heterocycles. The molecule has 0 aliphatic carbocycles. The highest BCUT2D eigenvalue weighted by Crippen LogP contribution is 2.27. The van der Waals surface area contributed by atoms with Gasteiger partial charge in [0.05, 0.1) is 0 Å². The summed E-state index contributed by atoms with van der Waals surface area (Å²) in [6.07, 6.45) is -4.51. The summed E-state index contributed by atoms with van der Waals surface area (Å²) in [6.45, 7) is 4.16. The van der Waals surface area contributed by atoms with Gasteiger partial charge in [-0.2, -0.15) is 18.3 Å². The molecule has 0 atom stereocenters. The number of nitrogens with one attached hydrogen (secondary N) is 2. The van der Waals surface area contributed by atoms with E-state index in [-0.39, 0.29) is 11.6 Å². The van der Waals surface area contributed by atoms with Gasteiger partial charge >= 0.3 is 6.18 Å². The van der Waals surface area contributed by atoms with Gasteiger partial charge in [0.2, 0.25) is 0 Å². The number of halogens is 3. The van der Waals surface area contributed by atoms with Crippen LogP contribution in [0.3, 0.4) is 0 Å². The van der Waals surface area contributed by atoms with Crippen molar-refractivity contribution in [2.75, 3.05) is 6.54 Å². The van der Waals surface area contributed by atoms with E-state index in [2.05, 4.69) is 10.4 Å². The number of alkyl halides is 3. The molecule has 1 rings (SSSR count). The van der Waals surface area contributed by atoms with E-state index in [9.17, 15) is 18.0 Å². The van der Waals surface area contributed by atoms with Crippen molar-refractivity contribution < 1.29 is 18.0 Å². The third-order valence-electron chi connectivity index (χ3n) is 1.79. The van der Waals surface area contributed by atoms with Crippen molar-refractivity contribution in [1.82, 2.24) is 15.5 Å². The van der Waals surface area contributed by atoms with E-state index in [1.54, 1.807) is 5.10 Å². The minimum Gasteiger partial charge on any atom is -0.350 e. The SMILES string of the molecule is CC(C)CNC(=O)c1cc(C(F)(F)F)[nH]n1. The molecule has 0 fully saturated rings. The number of aromatic amines is 1. The van der Waals surface area contributed by atoms with Crippen LogP contribution >= 0.6 is 0 Å². The Morgan fingerprint density at radius 3 is 2.62 bits per heavy atom. The predicted octanol–water partition coefficient (Wildman–Crippen LogP) is 1.81. The zero-order chi connectivity index (χ0) is 12.3. The van der Waals surface area contributed by atoms with Crippen LogP contribution in [0.4, 0.5) is 13.2 Å². The van der Waals surface area contributed by atoms with Gasteiger partial charge in [-0.15, -0.1) is 0 Å². The van der Waals surface area contributed by atoms with E-state index in [1.807, 2.05) is 13.8 Å². The molecule has 0 aliphatic rings. The highest BCUT2D eigenvalue weighted by atomic mass is 19.4. The summed E-state index contributed by atoms with van der Waals surface area (Å²) < 4.78 is 36.5. The second kappa shape index (κ2) is 4.54. The normalized spacial score (nSPS) is 11.9. The lowest BCUT2D eigenvalue weighted by molar-refractivity contribution is -0.141. The van der Waals surface area contributed by atoms with Crippen LogP contribution in [0.5, 0.6) is 0 Å². The second-order valence-electron chi connectivity index (χ2n) is 3.77. The summed E-state index contributed by atoms with van der Waals surface area (Å²) in [5.74, 6) is -0.384. The van der Waals surface area contributed by atoms with Gasteiger partial charge in [-0.1, -0.05) is 13.8 Å². The largest absolute Gasteiger partial charge is 0.432 e. The third-order valence-corrected chi connectivity index (χ3v) is 1.79. The summed E-state index contributed by atoms with van der Waals surface area (Å²) in [5.41, 5.74) is -1.28. The van der Waals surface area contributed by atoms with Crippen molar-refractivity contribution in [3.05, 3.63) is 17.5 Å². The number of hydrogen-bond donors (Lipinski definition) is 2. The van der Waals surface area contributed by atoms with Crippen LogP contribution in [0.25, 0.3) is 0 Å². The molecule has 1 amide bonds. The van der Waals surface area contributed by atoms with E-state index in [1.165, 1.54) is 0 Å². The fraction of sp³-hybridized carbons (Fsp3) is 0.556. The molecule has 4 nitrogen and oxygen atoms in total. The Morgan fingerprint density at radius 1 is 1.56 bits per heavy atom. The van der Waals surface area contributed by atoms with Gasteiger partial charge in [-0.3, -0.25) is 9.89 Å². The Kier molecular flexibility index (Phi) is 3.56. The number of carbonyl (C=O) groups excluding carboxylic acids is 1. The molecule has 0 saturated heterocycles. The number of H-pyrrole nitrogens is 1. The van der Waals surface area contributed by atoms with Gasteiger partial charge < -0.3 is 5.32 Å². The maximum Gasteiger partial charge on any atom is 0.432 e. The molecule has 1 aromatic rings. The Balaban J connectivity index is 2.67. The van der Waals surface area contributed by atoms with Gasteiger partial charge in [0.1, 0.15) is 5.69 Å². The van der Waals surface area contributed by atoms with E-state index in [0.717, 1.165) is 0 Å². The molecule has 90 valence electrons. The van der Waals surface area contributed by atoms with Crippen LogP contribution in [-0.2, 0) is 6.18 Å². The van der Waals surface area contributed by atoms with Gasteiger partial charge in [0.25, 0.3) is 5.91 Å². The van der Waals surface area contributed by atoms with Crippen LogP contribution in [0.1, 0.15) is 30.0 Å². The number of hydrogen-bond acceptors (Lipinski definition) is 2.